The second-order valence-corrected chi connectivity index (χ2v) is 11.6. The molecule has 3 fully saturated rings. The fourth-order valence-electron chi connectivity index (χ4n) is 7.39. The third-order valence-corrected chi connectivity index (χ3v) is 9.06. The molecule has 42 heavy (non-hydrogen) atoms. The molecule has 2 aromatic rings. The summed E-state index contributed by atoms with van der Waals surface area (Å²) in [5.74, 6) is -2.12. The minimum Gasteiger partial charge on any atom is -0.396 e. The molecular formula is C34H41N3O5. The minimum absolute atomic E-state index is 0.00647. The normalized spacial score (nSPS) is 25.8. The van der Waals surface area contributed by atoms with Gasteiger partial charge in [0, 0.05) is 37.6 Å². The van der Waals surface area contributed by atoms with Crippen molar-refractivity contribution in [2.45, 2.75) is 57.3 Å². The van der Waals surface area contributed by atoms with Gasteiger partial charge in [0.1, 0.15) is 11.6 Å². The van der Waals surface area contributed by atoms with Crippen molar-refractivity contribution in [3.05, 3.63) is 85.0 Å². The van der Waals surface area contributed by atoms with Crippen molar-refractivity contribution in [2.24, 2.45) is 11.8 Å². The molecule has 1 N–H and O–H groups in total. The first-order valence-electron chi connectivity index (χ1n) is 14.9. The Balaban J connectivity index is 1.57. The first kappa shape index (κ1) is 29.7. The highest BCUT2D eigenvalue weighted by molar-refractivity contribution is 6.07. The van der Waals surface area contributed by atoms with Gasteiger partial charge < -0.3 is 24.5 Å². The van der Waals surface area contributed by atoms with Crippen LogP contribution in [0.5, 0.6) is 0 Å². The maximum Gasteiger partial charge on any atom is 0.253 e. The number of nitrogens with zero attached hydrogens (tertiary/aromatic N) is 3. The number of aryl methyl sites for hydroxylation is 2. The standard InChI is InChI=1S/C34H41N3O5/c1-5-19-35(25-15-8-7-9-16-25)31(39)27-26-17-18-34(42-26)28(27)32(40)37(21-10-11-22-38)30(34)33(41)36(20-6-2)29-23(3)13-12-14-24(29)4/h5-9,12-16,26-28,30,38H,1-2,10-11,17-22H2,3-4H3/t26-,27+,28-,30?,34?/m0/s1. The van der Waals surface area contributed by atoms with E-state index in [0.29, 0.717) is 38.8 Å². The average Bonchev–Trinajstić information content (AvgIpc) is 3.63. The molecule has 3 heterocycles. The fraction of sp³-hybridized carbons (Fsp3) is 0.441. The summed E-state index contributed by atoms with van der Waals surface area (Å²) in [5.41, 5.74) is 2.31. The zero-order valence-electron chi connectivity index (χ0n) is 24.6. The number of unbranched alkanes of at least 4 members (excludes halogenated alkanes) is 1. The minimum atomic E-state index is -1.11. The predicted octanol–water partition coefficient (Wildman–Crippen LogP) is 4.19. The van der Waals surface area contributed by atoms with E-state index in [-0.39, 0.29) is 30.9 Å². The van der Waals surface area contributed by atoms with Gasteiger partial charge in [-0.05, 0) is 62.8 Å². The third-order valence-electron chi connectivity index (χ3n) is 9.06. The summed E-state index contributed by atoms with van der Waals surface area (Å²) in [6.45, 7) is 12.6. The average molecular weight is 572 g/mol. The molecule has 3 amide bonds. The van der Waals surface area contributed by atoms with Crippen LogP contribution in [-0.2, 0) is 19.1 Å². The van der Waals surface area contributed by atoms with E-state index < -0.39 is 29.6 Å². The summed E-state index contributed by atoms with van der Waals surface area (Å²) in [6, 6.07) is 14.4. The molecule has 3 saturated heterocycles. The van der Waals surface area contributed by atoms with Gasteiger partial charge in [0.05, 0.1) is 17.9 Å². The topological polar surface area (TPSA) is 90.4 Å². The van der Waals surface area contributed by atoms with Crippen LogP contribution in [0.2, 0.25) is 0 Å². The van der Waals surface area contributed by atoms with Crippen LogP contribution in [0.3, 0.4) is 0 Å². The van der Waals surface area contributed by atoms with Crippen LogP contribution < -0.4 is 9.80 Å². The van der Waals surface area contributed by atoms with Gasteiger partial charge in [0.15, 0.2) is 0 Å². The van der Waals surface area contributed by atoms with Crippen molar-refractivity contribution in [1.29, 1.82) is 0 Å². The predicted molar refractivity (Wildman–Crippen MR) is 163 cm³/mol. The molecule has 5 rings (SSSR count). The summed E-state index contributed by atoms with van der Waals surface area (Å²) in [6.07, 6.45) is 5.07. The highest BCUT2D eigenvalue weighted by Gasteiger charge is 2.75. The Bertz CT molecular complexity index is 1340. The number of hydrogen-bond acceptors (Lipinski definition) is 5. The highest BCUT2D eigenvalue weighted by atomic mass is 16.5. The summed E-state index contributed by atoms with van der Waals surface area (Å²) >= 11 is 0. The Kier molecular flexibility index (Phi) is 8.66. The molecule has 0 saturated carbocycles. The summed E-state index contributed by atoms with van der Waals surface area (Å²) in [7, 11) is 0. The van der Waals surface area contributed by atoms with Crippen LogP contribution in [0, 0.1) is 25.7 Å². The lowest BCUT2D eigenvalue weighted by Crippen LogP contribution is -2.57. The number of aliphatic hydroxyl groups is 1. The smallest absolute Gasteiger partial charge is 0.253 e. The van der Waals surface area contributed by atoms with E-state index >= 15 is 0 Å². The van der Waals surface area contributed by atoms with Crippen LogP contribution in [0.1, 0.15) is 36.8 Å². The van der Waals surface area contributed by atoms with Gasteiger partial charge in [-0.2, -0.15) is 0 Å². The second-order valence-electron chi connectivity index (χ2n) is 11.6. The molecule has 2 unspecified atom stereocenters. The Morgan fingerprint density at radius 1 is 1.00 bits per heavy atom. The number of benzene rings is 2. The zero-order valence-corrected chi connectivity index (χ0v) is 24.6. The number of carbonyl (C=O) groups is 3. The molecule has 8 nitrogen and oxygen atoms in total. The Morgan fingerprint density at radius 2 is 1.67 bits per heavy atom. The number of para-hydroxylation sites is 2. The van der Waals surface area contributed by atoms with E-state index in [1.165, 1.54) is 0 Å². The van der Waals surface area contributed by atoms with Crippen molar-refractivity contribution in [2.75, 3.05) is 36.0 Å². The number of carbonyl (C=O) groups excluding carboxylic acids is 3. The monoisotopic (exact) mass is 571 g/mol. The molecule has 2 aromatic carbocycles. The molecule has 0 radical (unpaired) electrons. The lowest BCUT2D eigenvalue weighted by molar-refractivity contribution is -0.140. The Hall–Kier alpha value is -3.75. The molecule has 3 aliphatic heterocycles. The first-order valence-corrected chi connectivity index (χ1v) is 14.9. The molecule has 222 valence electrons. The van der Waals surface area contributed by atoms with Gasteiger partial charge in [-0.25, -0.2) is 0 Å². The maximum atomic E-state index is 14.7. The number of anilines is 2. The molecule has 0 aromatic heterocycles. The van der Waals surface area contributed by atoms with Crippen molar-refractivity contribution in [3.8, 4) is 0 Å². The summed E-state index contributed by atoms with van der Waals surface area (Å²) in [4.78, 5) is 48.4. The van der Waals surface area contributed by atoms with E-state index in [4.69, 9.17) is 4.74 Å². The highest BCUT2D eigenvalue weighted by Crippen LogP contribution is 2.59. The zero-order chi connectivity index (χ0) is 30.0. The third kappa shape index (κ3) is 4.86. The molecule has 1 spiro atoms. The van der Waals surface area contributed by atoms with E-state index in [1.54, 1.807) is 26.9 Å². The molecule has 0 aliphatic carbocycles. The lowest BCUT2D eigenvalue weighted by Gasteiger charge is -2.37. The molecule has 8 heteroatoms. The van der Waals surface area contributed by atoms with Crippen LogP contribution in [0.4, 0.5) is 11.4 Å². The number of rotatable bonds is 12. The van der Waals surface area contributed by atoms with E-state index in [1.807, 2.05) is 62.4 Å². The van der Waals surface area contributed by atoms with Crippen molar-refractivity contribution >= 4 is 29.1 Å². The van der Waals surface area contributed by atoms with Gasteiger partial charge in [-0.3, -0.25) is 14.4 Å². The van der Waals surface area contributed by atoms with Crippen molar-refractivity contribution in [1.82, 2.24) is 4.90 Å². The molecule has 2 bridgehead atoms. The van der Waals surface area contributed by atoms with Gasteiger partial charge >= 0.3 is 0 Å². The first-order chi connectivity index (χ1) is 20.3. The van der Waals surface area contributed by atoms with Crippen LogP contribution in [0.15, 0.2) is 73.8 Å². The van der Waals surface area contributed by atoms with Gasteiger partial charge in [0.2, 0.25) is 11.8 Å². The lowest BCUT2D eigenvalue weighted by atomic mass is 9.70. The number of ether oxygens (including phenoxy) is 1. The van der Waals surface area contributed by atoms with Crippen LogP contribution in [0.25, 0.3) is 0 Å². The number of fused-ring (bicyclic) bond motifs is 1. The number of hydrogen-bond donors (Lipinski definition) is 1. The molecule has 3 aliphatic rings. The second kappa shape index (κ2) is 12.2. The van der Waals surface area contributed by atoms with Crippen LogP contribution in [-0.4, -0.2) is 71.7 Å². The summed E-state index contributed by atoms with van der Waals surface area (Å²) < 4.78 is 6.69. The van der Waals surface area contributed by atoms with Gasteiger partial charge in [0.25, 0.3) is 5.91 Å². The number of likely N-dealkylation sites (tertiary alicyclic amines) is 1. The SMILES string of the molecule is C=CCN(C(=O)[C@@H]1[C@@H]2CCC3(O2)C(C(=O)N(CC=C)c2c(C)cccc2C)N(CCCCO)C(=O)[C@H]13)c1ccccc1. The van der Waals surface area contributed by atoms with Crippen molar-refractivity contribution in [3.63, 3.8) is 0 Å². The summed E-state index contributed by atoms with van der Waals surface area (Å²) in [5, 5.41) is 9.48. The Labute approximate surface area is 248 Å². The van der Waals surface area contributed by atoms with E-state index in [9.17, 15) is 19.5 Å². The van der Waals surface area contributed by atoms with Gasteiger partial charge in [-0.1, -0.05) is 48.6 Å². The molecular weight excluding hydrogens is 530 g/mol. The Morgan fingerprint density at radius 3 is 2.31 bits per heavy atom. The van der Waals surface area contributed by atoms with Crippen LogP contribution >= 0.6 is 0 Å². The quantitative estimate of drug-likeness (QED) is 0.305. The maximum absolute atomic E-state index is 14.7. The number of aliphatic hydroxyl groups excluding tert-OH is 1. The van der Waals surface area contributed by atoms with E-state index in [0.717, 1.165) is 22.5 Å². The largest absolute Gasteiger partial charge is 0.396 e. The van der Waals surface area contributed by atoms with Gasteiger partial charge in [-0.15, -0.1) is 13.2 Å². The number of amides is 3. The van der Waals surface area contributed by atoms with Crippen molar-refractivity contribution < 1.29 is 24.2 Å². The molecule has 5 atom stereocenters. The van der Waals surface area contributed by atoms with E-state index in [2.05, 4.69) is 13.2 Å². The fourth-order valence-corrected chi connectivity index (χ4v) is 7.39.